The van der Waals surface area contributed by atoms with Gasteiger partial charge in [0.1, 0.15) is 12.4 Å². The number of nitrogens with zero attached hydrogens (tertiary/aromatic N) is 3. The van der Waals surface area contributed by atoms with Gasteiger partial charge in [0, 0.05) is 6.20 Å². The number of amidine groups is 1. The van der Waals surface area contributed by atoms with Crippen LogP contribution < -0.4 is 15.8 Å². The van der Waals surface area contributed by atoms with Crippen molar-refractivity contribution in [3.63, 3.8) is 0 Å². The summed E-state index contributed by atoms with van der Waals surface area (Å²) < 4.78 is 0. The predicted molar refractivity (Wildman–Crippen MR) is 91.7 cm³/mol. The zero-order valence-electron chi connectivity index (χ0n) is 13.4. The molecular formula is C17H17N5O2. The molecule has 2 amide bonds. The number of anilines is 2. The number of hydrogen-bond donors (Lipinski definition) is 2. The van der Waals surface area contributed by atoms with E-state index in [-0.39, 0.29) is 18.3 Å². The summed E-state index contributed by atoms with van der Waals surface area (Å²) in [5.74, 6) is -0.189. The Morgan fingerprint density at radius 1 is 1.12 bits per heavy atom. The Bertz CT molecular complexity index is 797. The lowest BCUT2D eigenvalue weighted by atomic mass is 10.2. The van der Waals surface area contributed by atoms with E-state index in [9.17, 15) is 9.59 Å². The van der Waals surface area contributed by atoms with Crippen molar-refractivity contribution in [2.24, 2.45) is 4.99 Å². The molecule has 0 aliphatic carbocycles. The van der Waals surface area contributed by atoms with E-state index in [2.05, 4.69) is 20.7 Å². The van der Waals surface area contributed by atoms with Gasteiger partial charge in [-0.15, -0.1) is 0 Å². The molecule has 0 saturated carbocycles. The first-order valence-electron chi connectivity index (χ1n) is 7.47. The summed E-state index contributed by atoms with van der Waals surface area (Å²) in [6.07, 6.45) is 1.66. The van der Waals surface area contributed by atoms with Gasteiger partial charge in [0.2, 0.25) is 5.84 Å². The van der Waals surface area contributed by atoms with Crippen molar-refractivity contribution in [1.29, 1.82) is 0 Å². The van der Waals surface area contributed by atoms with E-state index in [1.807, 2.05) is 44.2 Å². The van der Waals surface area contributed by atoms with Crippen LogP contribution in [0.15, 0.2) is 47.6 Å². The Morgan fingerprint density at radius 3 is 2.50 bits per heavy atom. The first-order valence-corrected chi connectivity index (χ1v) is 7.47. The van der Waals surface area contributed by atoms with E-state index in [0.717, 1.165) is 11.1 Å². The van der Waals surface area contributed by atoms with Crippen LogP contribution in [0.4, 0.5) is 11.5 Å². The molecule has 1 aromatic heterocycles. The van der Waals surface area contributed by atoms with Crippen LogP contribution >= 0.6 is 0 Å². The van der Waals surface area contributed by atoms with E-state index >= 15 is 0 Å². The fourth-order valence-corrected chi connectivity index (χ4v) is 2.16. The van der Waals surface area contributed by atoms with Gasteiger partial charge in [-0.05, 0) is 37.6 Å². The minimum atomic E-state index is -0.448. The molecule has 0 unspecified atom stereocenters. The number of amides is 2. The van der Waals surface area contributed by atoms with Crippen LogP contribution in [0.25, 0.3) is 0 Å². The topological polar surface area (TPSA) is 86.7 Å². The van der Waals surface area contributed by atoms with E-state index in [4.69, 9.17) is 0 Å². The summed E-state index contributed by atoms with van der Waals surface area (Å²) in [4.78, 5) is 32.5. The molecule has 2 heterocycles. The second-order valence-corrected chi connectivity index (χ2v) is 5.52. The summed E-state index contributed by atoms with van der Waals surface area (Å²) in [5.41, 5.74) is 5.50. The van der Waals surface area contributed by atoms with Crippen molar-refractivity contribution in [3.8, 4) is 0 Å². The molecule has 1 aliphatic rings. The quantitative estimate of drug-likeness (QED) is 0.898. The molecule has 0 fully saturated rings. The number of aromatic nitrogens is 1. The highest BCUT2D eigenvalue weighted by molar-refractivity contribution is 6.43. The summed E-state index contributed by atoms with van der Waals surface area (Å²) >= 11 is 0. The third-order valence-electron chi connectivity index (χ3n) is 3.50. The molecule has 0 spiro atoms. The van der Waals surface area contributed by atoms with Gasteiger partial charge in [-0.3, -0.25) is 20.0 Å². The highest BCUT2D eigenvalue weighted by Gasteiger charge is 2.25. The van der Waals surface area contributed by atoms with Crippen LogP contribution in [-0.4, -0.2) is 29.2 Å². The Kier molecular flexibility index (Phi) is 4.24. The van der Waals surface area contributed by atoms with Crippen molar-refractivity contribution < 1.29 is 9.59 Å². The smallest absolute Gasteiger partial charge is 0.293 e. The highest BCUT2D eigenvalue weighted by Crippen LogP contribution is 2.15. The summed E-state index contributed by atoms with van der Waals surface area (Å²) in [7, 11) is 0. The number of rotatable bonds is 3. The molecule has 7 nitrogen and oxygen atoms in total. The average molecular weight is 323 g/mol. The summed E-state index contributed by atoms with van der Waals surface area (Å²) in [6.45, 7) is 3.78. The van der Waals surface area contributed by atoms with Crippen molar-refractivity contribution in [1.82, 2.24) is 10.4 Å². The first-order chi connectivity index (χ1) is 11.5. The molecule has 2 N–H and O–H groups in total. The average Bonchev–Trinajstić information content (AvgIpc) is 2.58. The predicted octanol–water partition coefficient (Wildman–Crippen LogP) is 1.59. The molecule has 122 valence electrons. The minimum Gasteiger partial charge on any atom is -0.304 e. The van der Waals surface area contributed by atoms with E-state index in [0.29, 0.717) is 11.5 Å². The maximum Gasteiger partial charge on any atom is 0.293 e. The number of carbonyl (C=O) groups excluding carboxylic acids is 2. The number of aryl methyl sites for hydroxylation is 2. The molecule has 7 heteroatoms. The summed E-state index contributed by atoms with van der Waals surface area (Å²) in [6, 6.07) is 11.0. The second kappa shape index (κ2) is 6.49. The van der Waals surface area contributed by atoms with Crippen LogP contribution in [0.2, 0.25) is 0 Å². The number of nitrogens with one attached hydrogen (secondary N) is 2. The number of aliphatic imine (C=N–C) groups is 1. The fraction of sp³-hybridized carbons (Fsp3) is 0.176. The van der Waals surface area contributed by atoms with E-state index in [1.54, 1.807) is 12.3 Å². The van der Waals surface area contributed by atoms with Crippen LogP contribution in [0.5, 0.6) is 0 Å². The third kappa shape index (κ3) is 3.40. The third-order valence-corrected chi connectivity index (χ3v) is 3.50. The lowest BCUT2D eigenvalue weighted by Crippen LogP contribution is -2.54. The molecule has 2 aromatic rings. The van der Waals surface area contributed by atoms with E-state index in [1.165, 1.54) is 5.01 Å². The largest absolute Gasteiger partial charge is 0.304 e. The number of hydrazine groups is 1. The van der Waals surface area contributed by atoms with Gasteiger partial charge in [-0.2, -0.15) is 0 Å². The molecule has 1 aliphatic heterocycles. The molecule has 0 radical (unpaired) electrons. The standard InChI is InChI=1S/C17H17N5O2/c1-11-3-6-13(7-4-11)22-15(23)10-19-16(21-22)17(24)20-14-8-5-12(2)9-18-14/h3-9H,10H2,1-2H3,(H,19,21)(H,18,20,24). The molecule has 0 saturated heterocycles. The molecule has 1 aromatic carbocycles. The number of hydrogen-bond acceptors (Lipinski definition) is 5. The van der Waals surface area contributed by atoms with E-state index < -0.39 is 5.91 Å². The van der Waals surface area contributed by atoms with Crippen molar-refractivity contribution in [2.75, 3.05) is 16.9 Å². The number of benzene rings is 1. The maximum absolute atomic E-state index is 12.3. The Hall–Kier alpha value is -3.22. The SMILES string of the molecule is Cc1ccc(N2NC(C(=O)Nc3ccc(C)cn3)=NCC2=O)cc1. The normalized spacial score (nSPS) is 14.0. The molecule has 24 heavy (non-hydrogen) atoms. The second-order valence-electron chi connectivity index (χ2n) is 5.52. The first kappa shape index (κ1) is 15.7. The van der Waals surface area contributed by atoms with Gasteiger partial charge >= 0.3 is 0 Å². The maximum atomic E-state index is 12.3. The van der Waals surface area contributed by atoms with Crippen LogP contribution in [0, 0.1) is 13.8 Å². The monoisotopic (exact) mass is 323 g/mol. The van der Waals surface area contributed by atoms with Crippen LogP contribution in [0.3, 0.4) is 0 Å². The van der Waals surface area contributed by atoms with Gasteiger partial charge in [-0.1, -0.05) is 23.8 Å². The van der Waals surface area contributed by atoms with Gasteiger partial charge < -0.3 is 5.32 Å². The number of carbonyl (C=O) groups is 2. The molecular weight excluding hydrogens is 306 g/mol. The lowest BCUT2D eigenvalue weighted by Gasteiger charge is -2.27. The fourth-order valence-electron chi connectivity index (χ4n) is 2.16. The molecule has 3 rings (SSSR count). The Balaban J connectivity index is 1.74. The zero-order chi connectivity index (χ0) is 17.1. The highest BCUT2D eigenvalue weighted by atomic mass is 16.2. The lowest BCUT2D eigenvalue weighted by molar-refractivity contribution is -0.118. The van der Waals surface area contributed by atoms with Crippen molar-refractivity contribution >= 4 is 29.2 Å². The van der Waals surface area contributed by atoms with Crippen LogP contribution in [0.1, 0.15) is 11.1 Å². The zero-order valence-corrected chi connectivity index (χ0v) is 13.4. The Morgan fingerprint density at radius 2 is 1.83 bits per heavy atom. The van der Waals surface area contributed by atoms with Crippen LogP contribution in [-0.2, 0) is 9.59 Å². The number of pyridine rings is 1. The Labute approximate surface area is 139 Å². The molecule has 0 bridgehead atoms. The van der Waals surface area contributed by atoms with Crippen molar-refractivity contribution in [2.45, 2.75) is 13.8 Å². The van der Waals surface area contributed by atoms with Crippen molar-refractivity contribution in [3.05, 3.63) is 53.7 Å². The van der Waals surface area contributed by atoms with Gasteiger partial charge in [0.25, 0.3) is 11.8 Å². The minimum absolute atomic E-state index is 0.0672. The van der Waals surface area contributed by atoms with Gasteiger partial charge in [0.05, 0.1) is 5.69 Å². The van der Waals surface area contributed by atoms with Gasteiger partial charge in [-0.25, -0.2) is 9.99 Å². The summed E-state index contributed by atoms with van der Waals surface area (Å²) in [5, 5.41) is 3.98. The van der Waals surface area contributed by atoms with Gasteiger partial charge in [0.15, 0.2) is 0 Å². The molecule has 0 atom stereocenters.